The van der Waals surface area contributed by atoms with E-state index >= 15 is 0 Å². The Hall–Kier alpha value is -2.07. The van der Waals surface area contributed by atoms with Crippen molar-refractivity contribution in [3.8, 4) is 0 Å². The molecule has 1 N–H and O–H groups in total. The van der Waals surface area contributed by atoms with Gasteiger partial charge in [0.25, 0.3) is 5.56 Å². The third-order valence-corrected chi connectivity index (χ3v) is 5.08. The molecule has 1 fully saturated rings. The van der Waals surface area contributed by atoms with E-state index in [1.54, 1.807) is 34.9 Å². The molecule has 1 aliphatic heterocycles. The van der Waals surface area contributed by atoms with Crippen LogP contribution in [0.5, 0.6) is 0 Å². The highest BCUT2D eigenvalue weighted by Crippen LogP contribution is 2.38. The minimum atomic E-state index is -0.109. The lowest BCUT2D eigenvalue weighted by Gasteiger charge is -2.25. The normalized spacial score (nSPS) is 22.1. The zero-order valence-corrected chi connectivity index (χ0v) is 13.3. The van der Waals surface area contributed by atoms with Crippen molar-refractivity contribution in [2.75, 3.05) is 5.32 Å². The molecule has 2 heterocycles. The fourth-order valence-electron chi connectivity index (χ4n) is 3.76. The predicted molar refractivity (Wildman–Crippen MR) is 90.5 cm³/mol. The standard InChI is InChI=1S/C18H17ClN2O2/c19-12-5-3-4-11(10-12)17(23)13-8-9-16(22)21-15-7-2-1-6-14(15)20-18(13)21/h3-5,8-10,14-15,20H,1-2,6-7H2/t14-,15-/m1/s1. The summed E-state index contributed by atoms with van der Waals surface area (Å²) in [7, 11) is 0. The number of hydrogen-bond donors (Lipinski definition) is 1. The lowest BCUT2D eigenvalue weighted by atomic mass is 9.91. The lowest BCUT2D eigenvalue weighted by molar-refractivity contribution is 0.103. The second-order valence-corrected chi connectivity index (χ2v) is 6.68. The van der Waals surface area contributed by atoms with Gasteiger partial charge in [-0.05, 0) is 31.0 Å². The fourth-order valence-corrected chi connectivity index (χ4v) is 3.95. The molecule has 1 aromatic carbocycles. The van der Waals surface area contributed by atoms with Gasteiger partial charge < -0.3 is 5.32 Å². The van der Waals surface area contributed by atoms with Crippen LogP contribution in [0.15, 0.2) is 41.2 Å². The Kier molecular flexibility index (Phi) is 3.49. The van der Waals surface area contributed by atoms with Crippen LogP contribution in [0, 0.1) is 0 Å². The van der Waals surface area contributed by atoms with Crippen LogP contribution in [0.2, 0.25) is 5.02 Å². The maximum absolute atomic E-state index is 12.9. The molecule has 2 atom stereocenters. The molecular weight excluding hydrogens is 312 g/mol. The minimum absolute atomic E-state index is 0.0375. The summed E-state index contributed by atoms with van der Waals surface area (Å²) < 4.78 is 1.78. The number of nitrogens with zero attached hydrogens (tertiary/aromatic N) is 1. The summed E-state index contributed by atoms with van der Waals surface area (Å²) in [5, 5.41) is 3.95. The number of benzene rings is 1. The molecule has 1 aliphatic carbocycles. The van der Waals surface area contributed by atoms with Gasteiger partial charge in [0.2, 0.25) is 0 Å². The van der Waals surface area contributed by atoms with Crippen LogP contribution < -0.4 is 10.9 Å². The highest BCUT2D eigenvalue weighted by molar-refractivity contribution is 6.31. The zero-order valence-electron chi connectivity index (χ0n) is 12.6. The van der Waals surface area contributed by atoms with E-state index in [0.717, 1.165) is 25.7 Å². The molecule has 0 saturated heterocycles. The van der Waals surface area contributed by atoms with Gasteiger partial charge in [-0.15, -0.1) is 0 Å². The van der Waals surface area contributed by atoms with Crippen LogP contribution in [-0.2, 0) is 0 Å². The average Bonchev–Trinajstić information content (AvgIpc) is 2.95. The van der Waals surface area contributed by atoms with Gasteiger partial charge in [-0.3, -0.25) is 14.2 Å². The van der Waals surface area contributed by atoms with Crippen LogP contribution in [0.1, 0.15) is 47.6 Å². The first-order chi connectivity index (χ1) is 11.1. The minimum Gasteiger partial charge on any atom is -0.366 e. The molecule has 0 unspecified atom stereocenters. The van der Waals surface area contributed by atoms with Crippen molar-refractivity contribution in [2.24, 2.45) is 0 Å². The molecule has 0 bridgehead atoms. The Morgan fingerprint density at radius 3 is 2.83 bits per heavy atom. The largest absolute Gasteiger partial charge is 0.366 e. The number of nitrogens with one attached hydrogen (secondary N) is 1. The molecule has 23 heavy (non-hydrogen) atoms. The number of ketones is 1. The van der Waals surface area contributed by atoms with Crippen molar-refractivity contribution in [3.05, 3.63) is 62.9 Å². The zero-order chi connectivity index (χ0) is 16.0. The Bertz CT molecular complexity index is 843. The maximum Gasteiger partial charge on any atom is 0.252 e. The van der Waals surface area contributed by atoms with E-state index in [-0.39, 0.29) is 23.4 Å². The monoisotopic (exact) mass is 328 g/mol. The van der Waals surface area contributed by atoms with Gasteiger partial charge >= 0.3 is 0 Å². The lowest BCUT2D eigenvalue weighted by Crippen LogP contribution is -2.29. The first kappa shape index (κ1) is 14.5. The number of carbonyl (C=O) groups is 1. The molecule has 2 aliphatic rings. The maximum atomic E-state index is 12.9. The summed E-state index contributed by atoms with van der Waals surface area (Å²) in [4.78, 5) is 25.2. The van der Waals surface area contributed by atoms with Gasteiger partial charge in [0.15, 0.2) is 5.78 Å². The summed E-state index contributed by atoms with van der Waals surface area (Å²) in [6.07, 6.45) is 4.31. The average molecular weight is 329 g/mol. The van der Waals surface area contributed by atoms with Crippen molar-refractivity contribution >= 4 is 23.2 Å². The number of pyridine rings is 1. The molecule has 4 nitrogen and oxygen atoms in total. The Morgan fingerprint density at radius 1 is 1.17 bits per heavy atom. The molecule has 4 rings (SSSR count). The molecule has 0 spiro atoms. The van der Waals surface area contributed by atoms with Crippen molar-refractivity contribution in [1.29, 1.82) is 0 Å². The van der Waals surface area contributed by atoms with Crippen molar-refractivity contribution in [1.82, 2.24) is 4.57 Å². The summed E-state index contributed by atoms with van der Waals surface area (Å²) in [6, 6.07) is 10.5. The molecule has 0 radical (unpaired) electrons. The smallest absolute Gasteiger partial charge is 0.252 e. The molecule has 1 saturated carbocycles. The van der Waals surface area contributed by atoms with E-state index in [9.17, 15) is 9.59 Å². The second-order valence-electron chi connectivity index (χ2n) is 6.25. The third kappa shape index (κ3) is 2.38. The van der Waals surface area contributed by atoms with Crippen LogP contribution >= 0.6 is 11.6 Å². The Labute approximate surface area is 139 Å². The number of hydrogen-bond acceptors (Lipinski definition) is 3. The van der Waals surface area contributed by atoms with Gasteiger partial charge in [0.1, 0.15) is 5.82 Å². The van der Waals surface area contributed by atoms with Crippen molar-refractivity contribution in [2.45, 2.75) is 37.8 Å². The number of rotatable bonds is 2. The van der Waals surface area contributed by atoms with E-state index < -0.39 is 0 Å². The highest BCUT2D eigenvalue weighted by Gasteiger charge is 2.36. The van der Waals surface area contributed by atoms with Gasteiger partial charge in [-0.2, -0.15) is 0 Å². The van der Waals surface area contributed by atoms with E-state index in [2.05, 4.69) is 5.32 Å². The Balaban J connectivity index is 1.81. The molecule has 1 aromatic heterocycles. The number of fused-ring (bicyclic) bond motifs is 3. The number of anilines is 1. The number of aromatic nitrogens is 1. The van der Waals surface area contributed by atoms with Crippen LogP contribution in [0.25, 0.3) is 0 Å². The van der Waals surface area contributed by atoms with Crippen molar-refractivity contribution < 1.29 is 4.79 Å². The van der Waals surface area contributed by atoms with Gasteiger partial charge in [0, 0.05) is 22.7 Å². The summed E-state index contributed by atoms with van der Waals surface area (Å²) in [5.74, 6) is 0.557. The summed E-state index contributed by atoms with van der Waals surface area (Å²) >= 11 is 6.00. The first-order valence-electron chi connectivity index (χ1n) is 7.97. The van der Waals surface area contributed by atoms with E-state index in [1.165, 1.54) is 6.07 Å². The number of halogens is 1. The predicted octanol–water partition coefficient (Wildman–Crippen LogP) is 3.64. The molecule has 5 heteroatoms. The van der Waals surface area contributed by atoms with Gasteiger partial charge in [-0.25, -0.2) is 0 Å². The molecule has 2 aromatic rings. The van der Waals surface area contributed by atoms with Gasteiger partial charge in [0.05, 0.1) is 11.6 Å². The fraction of sp³-hybridized carbons (Fsp3) is 0.333. The summed E-state index contributed by atoms with van der Waals surface area (Å²) in [6.45, 7) is 0. The van der Waals surface area contributed by atoms with Crippen molar-refractivity contribution in [3.63, 3.8) is 0 Å². The molecular formula is C18H17ClN2O2. The quantitative estimate of drug-likeness (QED) is 0.856. The van der Waals surface area contributed by atoms with Gasteiger partial charge in [-0.1, -0.05) is 36.6 Å². The second kappa shape index (κ2) is 5.53. The van der Waals surface area contributed by atoms with Crippen LogP contribution in [0.4, 0.5) is 5.82 Å². The van der Waals surface area contributed by atoms with Crippen LogP contribution in [-0.4, -0.2) is 16.4 Å². The SMILES string of the molecule is O=C(c1cccc(Cl)c1)c1ccc(=O)n2c1N[C@@H]1CCCC[C@H]12. The topological polar surface area (TPSA) is 51.1 Å². The third-order valence-electron chi connectivity index (χ3n) is 4.84. The molecule has 118 valence electrons. The molecule has 0 amide bonds. The highest BCUT2D eigenvalue weighted by atomic mass is 35.5. The van der Waals surface area contributed by atoms with E-state index in [4.69, 9.17) is 11.6 Å². The Morgan fingerprint density at radius 2 is 2.00 bits per heavy atom. The van der Waals surface area contributed by atoms with E-state index in [1.807, 2.05) is 0 Å². The summed E-state index contributed by atoms with van der Waals surface area (Å²) in [5.41, 5.74) is 1.04. The van der Waals surface area contributed by atoms with E-state index in [0.29, 0.717) is 22.0 Å². The number of carbonyl (C=O) groups excluding carboxylic acids is 1. The van der Waals surface area contributed by atoms with Crippen LogP contribution in [0.3, 0.4) is 0 Å². The first-order valence-corrected chi connectivity index (χ1v) is 8.35.